The first kappa shape index (κ1) is 17.6. The van der Waals surface area contributed by atoms with Crippen LogP contribution in [0, 0.1) is 0 Å². The van der Waals surface area contributed by atoms with E-state index in [1.54, 1.807) is 7.11 Å². The molecule has 1 fully saturated rings. The van der Waals surface area contributed by atoms with Crippen molar-refractivity contribution in [1.29, 1.82) is 0 Å². The number of aromatic nitrogens is 3. The van der Waals surface area contributed by atoms with Crippen molar-refractivity contribution in [2.45, 2.75) is 0 Å². The van der Waals surface area contributed by atoms with E-state index >= 15 is 0 Å². The van der Waals surface area contributed by atoms with Gasteiger partial charge in [-0.15, -0.1) is 0 Å². The molecule has 2 aromatic carbocycles. The highest BCUT2D eigenvalue weighted by Gasteiger charge is 2.20. The van der Waals surface area contributed by atoms with Crippen molar-refractivity contribution in [2.24, 2.45) is 0 Å². The van der Waals surface area contributed by atoms with Gasteiger partial charge in [0, 0.05) is 67.0 Å². The van der Waals surface area contributed by atoms with Crippen molar-refractivity contribution < 1.29 is 4.74 Å². The Hall–Kier alpha value is -3.54. The quantitative estimate of drug-likeness (QED) is 0.576. The van der Waals surface area contributed by atoms with E-state index in [-0.39, 0.29) is 0 Å². The lowest BCUT2D eigenvalue weighted by Crippen LogP contribution is -2.46. The minimum atomic E-state index is 0.900. The van der Waals surface area contributed by atoms with Crippen molar-refractivity contribution in [3.05, 3.63) is 67.1 Å². The summed E-state index contributed by atoms with van der Waals surface area (Å²) in [6.45, 7) is 3.87. The van der Waals surface area contributed by atoms with E-state index in [2.05, 4.69) is 61.4 Å². The second-order valence-corrected chi connectivity index (χ2v) is 7.22. The maximum absolute atomic E-state index is 5.38. The fraction of sp³-hybridized carbons (Fsp3) is 0.217. The summed E-state index contributed by atoms with van der Waals surface area (Å²) in [5.74, 6) is 0.900. The summed E-state index contributed by atoms with van der Waals surface area (Å²) in [5, 5.41) is 8.15. The molecule has 0 aliphatic carbocycles. The van der Waals surface area contributed by atoms with Crippen molar-refractivity contribution >= 4 is 22.3 Å². The Labute approximate surface area is 169 Å². The molecule has 0 radical (unpaired) electrons. The number of nitrogens with zero attached hydrogens (tertiary/aromatic N) is 4. The van der Waals surface area contributed by atoms with E-state index in [1.165, 1.54) is 16.8 Å². The molecule has 0 saturated carbocycles. The van der Waals surface area contributed by atoms with E-state index in [9.17, 15) is 0 Å². The first-order chi connectivity index (χ1) is 14.3. The number of nitrogens with one attached hydrogen (secondary N) is 1. The number of rotatable bonds is 4. The molecule has 1 N–H and O–H groups in total. The van der Waals surface area contributed by atoms with Gasteiger partial charge in [0.25, 0.3) is 0 Å². The number of fused-ring (bicyclic) bond motifs is 1. The van der Waals surface area contributed by atoms with Gasteiger partial charge in [-0.2, -0.15) is 5.10 Å². The summed E-state index contributed by atoms with van der Waals surface area (Å²) in [7, 11) is 1.71. The van der Waals surface area contributed by atoms with E-state index in [0.29, 0.717) is 0 Å². The van der Waals surface area contributed by atoms with Crippen LogP contribution in [-0.2, 0) is 0 Å². The third kappa shape index (κ3) is 3.38. The van der Waals surface area contributed by atoms with Gasteiger partial charge in [0.2, 0.25) is 0 Å². The van der Waals surface area contributed by atoms with Crippen LogP contribution in [0.1, 0.15) is 0 Å². The van der Waals surface area contributed by atoms with Gasteiger partial charge in [-0.05, 0) is 35.9 Å². The van der Waals surface area contributed by atoms with Crippen LogP contribution in [0.25, 0.3) is 22.0 Å². The van der Waals surface area contributed by atoms with Gasteiger partial charge in [-0.1, -0.05) is 12.1 Å². The van der Waals surface area contributed by atoms with Gasteiger partial charge in [-0.25, -0.2) is 0 Å². The first-order valence-corrected chi connectivity index (χ1v) is 9.84. The third-order valence-corrected chi connectivity index (χ3v) is 5.59. The normalized spacial score (nSPS) is 14.4. The maximum atomic E-state index is 5.38. The summed E-state index contributed by atoms with van der Waals surface area (Å²) in [6, 6.07) is 16.8. The molecule has 2 aromatic heterocycles. The maximum Gasteiger partial charge on any atom is 0.120 e. The smallest absolute Gasteiger partial charge is 0.120 e. The molecule has 5 rings (SSSR count). The topological polar surface area (TPSA) is 57.3 Å². The highest BCUT2D eigenvalue weighted by molar-refractivity contribution is 5.94. The van der Waals surface area contributed by atoms with Gasteiger partial charge < -0.3 is 14.5 Å². The Morgan fingerprint density at radius 3 is 2.59 bits per heavy atom. The van der Waals surface area contributed by atoms with Crippen molar-refractivity contribution in [2.75, 3.05) is 43.1 Å². The predicted octanol–water partition coefficient (Wildman–Crippen LogP) is 3.96. The average molecular weight is 385 g/mol. The third-order valence-electron chi connectivity index (χ3n) is 5.59. The molecule has 0 amide bonds. The van der Waals surface area contributed by atoms with Crippen LogP contribution in [-0.4, -0.2) is 48.5 Å². The summed E-state index contributed by atoms with van der Waals surface area (Å²) < 4.78 is 5.38. The van der Waals surface area contributed by atoms with Crippen molar-refractivity contribution in [1.82, 2.24) is 15.2 Å². The number of anilines is 2. The summed E-state index contributed by atoms with van der Waals surface area (Å²) in [5.41, 5.74) is 5.71. The zero-order chi connectivity index (χ0) is 19.6. The van der Waals surface area contributed by atoms with E-state index in [0.717, 1.165) is 48.6 Å². The average Bonchev–Trinajstić information content (AvgIpc) is 3.33. The molecule has 3 heterocycles. The Balaban J connectivity index is 1.41. The Morgan fingerprint density at radius 2 is 1.79 bits per heavy atom. The van der Waals surface area contributed by atoms with Crippen LogP contribution in [0.15, 0.2) is 67.1 Å². The van der Waals surface area contributed by atoms with Gasteiger partial charge in [0.15, 0.2) is 0 Å². The minimum Gasteiger partial charge on any atom is -0.497 e. The van der Waals surface area contributed by atoms with Gasteiger partial charge >= 0.3 is 0 Å². The number of benzene rings is 2. The lowest BCUT2D eigenvalue weighted by Gasteiger charge is -2.37. The number of aromatic amines is 1. The Kier molecular flexibility index (Phi) is 4.52. The Bertz CT molecular complexity index is 1120. The van der Waals surface area contributed by atoms with Crippen LogP contribution >= 0.6 is 0 Å². The molecule has 4 aromatic rings. The molecule has 0 spiro atoms. The number of hydrogen-bond acceptors (Lipinski definition) is 5. The molecule has 6 nitrogen and oxygen atoms in total. The second kappa shape index (κ2) is 7.47. The highest BCUT2D eigenvalue weighted by atomic mass is 16.5. The van der Waals surface area contributed by atoms with Crippen molar-refractivity contribution in [3.63, 3.8) is 0 Å². The molecule has 0 unspecified atom stereocenters. The van der Waals surface area contributed by atoms with Gasteiger partial charge in [-0.3, -0.25) is 10.1 Å². The SMILES string of the molecule is COc1cccc(N2CCN(c3ccnc4ccc(-c5cn[nH]c5)cc34)CC2)c1. The predicted molar refractivity (Wildman–Crippen MR) is 117 cm³/mol. The second-order valence-electron chi connectivity index (χ2n) is 7.22. The van der Waals surface area contributed by atoms with E-state index in [1.807, 2.05) is 30.7 Å². The van der Waals surface area contributed by atoms with Crippen LogP contribution in [0.3, 0.4) is 0 Å². The van der Waals surface area contributed by atoms with Crippen LogP contribution in [0.4, 0.5) is 11.4 Å². The first-order valence-electron chi connectivity index (χ1n) is 9.84. The molecular formula is C23H23N5O. The standard InChI is InChI=1S/C23H23N5O/c1-29-20-4-2-3-19(14-20)27-9-11-28(12-10-27)23-7-8-24-22-6-5-17(13-21(22)23)18-15-25-26-16-18/h2-8,13-16H,9-12H2,1H3,(H,25,26). The fourth-order valence-electron chi connectivity index (χ4n) is 4.01. The summed E-state index contributed by atoms with van der Waals surface area (Å²) in [6.07, 6.45) is 5.68. The number of piperazine rings is 1. The molecule has 6 heteroatoms. The molecule has 146 valence electrons. The zero-order valence-electron chi connectivity index (χ0n) is 16.4. The molecule has 29 heavy (non-hydrogen) atoms. The highest BCUT2D eigenvalue weighted by Crippen LogP contribution is 2.31. The molecule has 0 atom stereocenters. The van der Waals surface area contributed by atoms with Crippen LogP contribution < -0.4 is 14.5 Å². The van der Waals surface area contributed by atoms with Crippen molar-refractivity contribution in [3.8, 4) is 16.9 Å². The fourth-order valence-corrected chi connectivity index (χ4v) is 4.01. The molecular weight excluding hydrogens is 362 g/mol. The molecule has 0 bridgehead atoms. The number of methoxy groups -OCH3 is 1. The van der Waals surface area contributed by atoms with Crippen LogP contribution in [0.5, 0.6) is 5.75 Å². The van der Waals surface area contributed by atoms with E-state index < -0.39 is 0 Å². The lowest BCUT2D eigenvalue weighted by atomic mass is 10.0. The van der Waals surface area contributed by atoms with E-state index in [4.69, 9.17) is 4.74 Å². The minimum absolute atomic E-state index is 0.900. The van der Waals surface area contributed by atoms with Crippen LogP contribution in [0.2, 0.25) is 0 Å². The lowest BCUT2D eigenvalue weighted by molar-refractivity contribution is 0.414. The summed E-state index contributed by atoms with van der Waals surface area (Å²) >= 11 is 0. The number of H-pyrrole nitrogens is 1. The molecule has 1 saturated heterocycles. The number of pyridine rings is 1. The van der Waals surface area contributed by atoms with Gasteiger partial charge in [0.1, 0.15) is 5.75 Å². The zero-order valence-corrected chi connectivity index (χ0v) is 16.4. The summed E-state index contributed by atoms with van der Waals surface area (Å²) in [4.78, 5) is 9.44. The molecule has 1 aliphatic rings. The monoisotopic (exact) mass is 385 g/mol. The Morgan fingerprint density at radius 1 is 0.931 bits per heavy atom. The van der Waals surface area contributed by atoms with Gasteiger partial charge in [0.05, 0.1) is 18.8 Å². The number of hydrogen-bond donors (Lipinski definition) is 1. The number of ether oxygens (including phenoxy) is 1. The largest absolute Gasteiger partial charge is 0.497 e. The molecule has 1 aliphatic heterocycles.